The Bertz CT molecular complexity index is 56.9. The topological polar surface area (TPSA) is 19.9 Å². The number of halogens is 1. The van der Waals surface area contributed by atoms with E-state index in [-0.39, 0.29) is 6.10 Å². The van der Waals surface area contributed by atoms with Crippen molar-refractivity contribution in [2.75, 3.05) is 4.43 Å². The van der Waals surface area contributed by atoms with Crippen LogP contribution < -0.4 is 0 Å². The van der Waals surface area contributed by atoms with Crippen molar-refractivity contribution >= 4 is 22.6 Å². The summed E-state index contributed by atoms with van der Waals surface area (Å²) in [4.78, 5) is 0. The molecule has 9 heavy (non-hydrogen) atoms. The van der Waals surface area contributed by atoms with Gasteiger partial charge in [-0.3, -0.25) is 0 Å². The fourth-order valence-corrected chi connectivity index (χ4v) is 1.39. The van der Waals surface area contributed by atoms with Gasteiger partial charge in [0.05, 0.1) is 6.10 Å². The first kappa shape index (κ1) is 9.69. The van der Waals surface area contributed by atoms with Crippen molar-refractivity contribution in [1.82, 2.24) is 0 Å². The first-order valence-electron chi connectivity index (χ1n) is 3.53. The van der Waals surface area contributed by atoms with Crippen LogP contribution in [0.15, 0.2) is 0 Å². The molecule has 0 aliphatic carbocycles. The van der Waals surface area contributed by atoms with E-state index in [4.69, 9.17) is 0 Å². The summed E-state index contributed by atoms with van der Waals surface area (Å²) in [5, 5.41) is 10.9. The third-order valence-corrected chi connectivity index (χ3v) is 1.93. The average Bonchev–Trinajstić information content (AvgIpc) is 1.85. The van der Waals surface area contributed by atoms with Gasteiger partial charge >= 0.3 is 0 Å². The summed E-state index contributed by atoms with van der Waals surface area (Å²) in [6.07, 6.45) is 3.69. The molecule has 55 valence electrons. The first-order chi connectivity index (χ1) is 4.31. The number of hydrogen-bond acceptors (Lipinski definition) is 0. The lowest BCUT2D eigenvalue weighted by molar-refractivity contribution is 0.0776. The Morgan fingerprint density at radius 1 is 1.44 bits per heavy atom. The SMILES string of the molecule is CCCCC([O])CCI. The molecule has 0 aliphatic heterocycles. The lowest BCUT2D eigenvalue weighted by Gasteiger charge is -2.02. The van der Waals surface area contributed by atoms with E-state index in [2.05, 4.69) is 29.5 Å². The summed E-state index contributed by atoms with van der Waals surface area (Å²) in [6, 6.07) is 0. The average molecular weight is 241 g/mol. The standard InChI is InChI=1S/C7H14IO/c1-2-3-4-7(9)5-6-8/h7H,2-6H2,1H3. The van der Waals surface area contributed by atoms with Gasteiger partial charge < -0.3 is 0 Å². The summed E-state index contributed by atoms with van der Waals surface area (Å²) in [5.41, 5.74) is 0. The molecule has 0 spiro atoms. The smallest absolute Gasteiger partial charge is 0.0937 e. The molecule has 0 aromatic rings. The van der Waals surface area contributed by atoms with Gasteiger partial charge in [0, 0.05) is 4.43 Å². The Morgan fingerprint density at radius 2 is 2.11 bits per heavy atom. The van der Waals surface area contributed by atoms with Gasteiger partial charge in [-0.15, -0.1) is 0 Å². The van der Waals surface area contributed by atoms with Gasteiger partial charge in [0.15, 0.2) is 0 Å². The molecule has 1 atom stereocenters. The Balaban J connectivity index is 2.95. The molecule has 1 radical (unpaired) electrons. The highest BCUT2D eigenvalue weighted by Gasteiger charge is 2.02. The monoisotopic (exact) mass is 241 g/mol. The van der Waals surface area contributed by atoms with E-state index in [1.165, 1.54) is 0 Å². The lowest BCUT2D eigenvalue weighted by atomic mass is 10.1. The predicted octanol–water partition coefficient (Wildman–Crippen LogP) is 2.80. The molecular weight excluding hydrogens is 227 g/mol. The Morgan fingerprint density at radius 3 is 2.56 bits per heavy atom. The highest BCUT2D eigenvalue weighted by Crippen LogP contribution is 2.05. The van der Waals surface area contributed by atoms with Crippen LogP contribution in [0.1, 0.15) is 32.6 Å². The van der Waals surface area contributed by atoms with Gasteiger partial charge in [-0.1, -0.05) is 42.4 Å². The Kier molecular flexibility index (Phi) is 7.33. The summed E-state index contributed by atoms with van der Waals surface area (Å²) in [6.45, 7) is 2.12. The minimum absolute atomic E-state index is 0.290. The summed E-state index contributed by atoms with van der Waals surface area (Å²) >= 11 is 2.25. The molecule has 0 amide bonds. The van der Waals surface area contributed by atoms with Crippen LogP contribution in [0.5, 0.6) is 0 Å². The fraction of sp³-hybridized carbons (Fsp3) is 1.00. The maximum atomic E-state index is 10.9. The Hall–Kier alpha value is 0.690. The zero-order valence-electron chi connectivity index (χ0n) is 5.90. The van der Waals surface area contributed by atoms with Gasteiger partial charge in [-0.2, -0.15) is 0 Å². The zero-order chi connectivity index (χ0) is 7.11. The fourth-order valence-electron chi connectivity index (χ4n) is 0.698. The van der Waals surface area contributed by atoms with Crippen LogP contribution in [0.2, 0.25) is 0 Å². The second-order valence-corrected chi connectivity index (χ2v) is 3.32. The van der Waals surface area contributed by atoms with Crippen molar-refractivity contribution in [3.05, 3.63) is 0 Å². The quantitative estimate of drug-likeness (QED) is 0.521. The molecule has 0 bridgehead atoms. The van der Waals surface area contributed by atoms with Crippen LogP contribution in [0.3, 0.4) is 0 Å². The van der Waals surface area contributed by atoms with E-state index in [1.807, 2.05) is 0 Å². The van der Waals surface area contributed by atoms with Gasteiger partial charge in [-0.25, -0.2) is 5.11 Å². The van der Waals surface area contributed by atoms with Crippen LogP contribution in [-0.4, -0.2) is 10.5 Å². The minimum Gasteiger partial charge on any atom is -0.233 e. The molecule has 0 saturated heterocycles. The van der Waals surface area contributed by atoms with E-state index < -0.39 is 0 Å². The van der Waals surface area contributed by atoms with E-state index in [9.17, 15) is 5.11 Å². The largest absolute Gasteiger partial charge is 0.233 e. The normalized spacial score (nSPS) is 13.7. The molecule has 0 aliphatic rings. The molecular formula is C7H14IO. The van der Waals surface area contributed by atoms with E-state index in [1.54, 1.807) is 0 Å². The molecule has 1 nitrogen and oxygen atoms in total. The lowest BCUT2D eigenvalue weighted by Crippen LogP contribution is -2.03. The highest BCUT2D eigenvalue weighted by molar-refractivity contribution is 14.1. The van der Waals surface area contributed by atoms with Crippen LogP contribution in [0.4, 0.5) is 0 Å². The summed E-state index contributed by atoms with van der Waals surface area (Å²) < 4.78 is 1.01. The van der Waals surface area contributed by atoms with Crippen LogP contribution in [0.25, 0.3) is 0 Å². The van der Waals surface area contributed by atoms with E-state index >= 15 is 0 Å². The number of unbranched alkanes of at least 4 members (excludes halogenated alkanes) is 1. The van der Waals surface area contributed by atoms with E-state index in [0.717, 1.165) is 30.1 Å². The molecule has 2 heteroatoms. The van der Waals surface area contributed by atoms with Crippen molar-refractivity contribution in [3.63, 3.8) is 0 Å². The van der Waals surface area contributed by atoms with Crippen molar-refractivity contribution in [2.24, 2.45) is 0 Å². The van der Waals surface area contributed by atoms with Gasteiger partial charge in [0.1, 0.15) is 0 Å². The van der Waals surface area contributed by atoms with Gasteiger partial charge in [0.25, 0.3) is 0 Å². The van der Waals surface area contributed by atoms with Crippen molar-refractivity contribution in [1.29, 1.82) is 0 Å². The van der Waals surface area contributed by atoms with Crippen LogP contribution in [0, 0.1) is 0 Å². The second-order valence-electron chi connectivity index (χ2n) is 2.24. The van der Waals surface area contributed by atoms with Crippen LogP contribution >= 0.6 is 22.6 Å². The van der Waals surface area contributed by atoms with E-state index in [0.29, 0.717) is 0 Å². The number of rotatable bonds is 5. The van der Waals surface area contributed by atoms with Crippen molar-refractivity contribution in [3.8, 4) is 0 Å². The maximum absolute atomic E-state index is 10.9. The number of hydrogen-bond donors (Lipinski definition) is 0. The van der Waals surface area contributed by atoms with Crippen molar-refractivity contribution in [2.45, 2.75) is 38.7 Å². The third kappa shape index (κ3) is 6.58. The molecule has 0 saturated carbocycles. The first-order valence-corrected chi connectivity index (χ1v) is 5.05. The molecule has 0 N–H and O–H groups in total. The van der Waals surface area contributed by atoms with Crippen LogP contribution in [-0.2, 0) is 5.11 Å². The zero-order valence-corrected chi connectivity index (χ0v) is 8.06. The molecule has 0 aromatic heterocycles. The molecule has 1 unspecified atom stereocenters. The summed E-state index contributed by atoms with van der Waals surface area (Å²) in [7, 11) is 0. The third-order valence-electron chi connectivity index (χ3n) is 1.31. The summed E-state index contributed by atoms with van der Waals surface area (Å²) in [5.74, 6) is 0. The van der Waals surface area contributed by atoms with Gasteiger partial charge in [0.2, 0.25) is 0 Å². The van der Waals surface area contributed by atoms with Crippen molar-refractivity contribution < 1.29 is 5.11 Å². The number of alkyl halides is 1. The predicted molar refractivity (Wildman–Crippen MR) is 47.5 cm³/mol. The molecule has 0 aromatic carbocycles. The molecule has 0 heterocycles. The minimum atomic E-state index is -0.290. The molecule has 0 rings (SSSR count). The molecule has 0 fully saturated rings. The van der Waals surface area contributed by atoms with Gasteiger partial charge in [-0.05, 0) is 12.8 Å². The highest BCUT2D eigenvalue weighted by atomic mass is 127. The Labute approximate surface area is 71.0 Å². The maximum Gasteiger partial charge on any atom is 0.0937 e. The second kappa shape index (κ2) is 6.81.